The predicted molar refractivity (Wildman–Crippen MR) is 115 cm³/mol. The summed E-state index contributed by atoms with van der Waals surface area (Å²) in [6.07, 6.45) is 12.4. The fraction of sp³-hybridized carbons (Fsp3) is 0.435. The van der Waals surface area contributed by atoms with Crippen molar-refractivity contribution in [1.29, 1.82) is 0 Å². The fourth-order valence-electron chi connectivity index (χ4n) is 4.88. The van der Waals surface area contributed by atoms with Gasteiger partial charge in [0.15, 0.2) is 5.78 Å². The van der Waals surface area contributed by atoms with E-state index in [0.29, 0.717) is 27.8 Å². The number of carbonyl (C=O) groups excluding carboxylic acids is 1. The van der Waals surface area contributed by atoms with E-state index in [1.165, 1.54) is 32.1 Å². The molecular formula is C23H25ClN4O. The van der Waals surface area contributed by atoms with Gasteiger partial charge in [-0.25, -0.2) is 9.97 Å². The summed E-state index contributed by atoms with van der Waals surface area (Å²) >= 11 is 6.26. The van der Waals surface area contributed by atoms with Crippen molar-refractivity contribution in [3.05, 3.63) is 52.9 Å². The zero-order valence-corrected chi connectivity index (χ0v) is 17.1. The number of aromatic amines is 1. The maximum atomic E-state index is 13.2. The summed E-state index contributed by atoms with van der Waals surface area (Å²) in [5.74, 6) is 2.48. The molecule has 0 spiro atoms. The minimum atomic E-state index is -0.117. The van der Waals surface area contributed by atoms with Gasteiger partial charge in [-0.05, 0) is 49.7 Å². The monoisotopic (exact) mass is 408 g/mol. The Morgan fingerprint density at radius 1 is 1.00 bits per heavy atom. The number of benzene rings is 1. The minimum absolute atomic E-state index is 0.117. The summed E-state index contributed by atoms with van der Waals surface area (Å²) in [5, 5.41) is 4.81. The summed E-state index contributed by atoms with van der Waals surface area (Å²) in [6, 6.07) is 7.53. The van der Waals surface area contributed by atoms with Gasteiger partial charge in [0.25, 0.3) is 0 Å². The highest BCUT2D eigenvalue weighted by Crippen LogP contribution is 2.41. The van der Waals surface area contributed by atoms with E-state index in [2.05, 4.69) is 20.3 Å². The number of aromatic nitrogens is 3. The molecule has 2 aliphatic carbocycles. The summed E-state index contributed by atoms with van der Waals surface area (Å²) < 4.78 is 0. The number of carbonyl (C=O) groups is 1. The maximum absolute atomic E-state index is 13.2. The van der Waals surface area contributed by atoms with Crippen molar-refractivity contribution in [3.8, 4) is 0 Å². The van der Waals surface area contributed by atoms with Crippen molar-refractivity contribution in [2.24, 2.45) is 11.8 Å². The lowest BCUT2D eigenvalue weighted by atomic mass is 9.69. The quantitative estimate of drug-likeness (QED) is 0.538. The van der Waals surface area contributed by atoms with Crippen molar-refractivity contribution in [1.82, 2.24) is 15.0 Å². The molecule has 150 valence electrons. The molecule has 2 N–H and O–H groups in total. The van der Waals surface area contributed by atoms with Crippen molar-refractivity contribution < 1.29 is 4.79 Å². The number of nitrogens with one attached hydrogen (secondary N) is 2. The summed E-state index contributed by atoms with van der Waals surface area (Å²) in [7, 11) is 0. The average molecular weight is 409 g/mol. The Morgan fingerprint density at radius 3 is 2.48 bits per heavy atom. The van der Waals surface area contributed by atoms with E-state index in [9.17, 15) is 4.79 Å². The molecule has 5 nitrogen and oxygen atoms in total. The average Bonchev–Trinajstić information content (AvgIpc) is 3.13. The van der Waals surface area contributed by atoms with Crippen LogP contribution in [0.4, 0.5) is 5.82 Å². The van der Waals surface area contributed by atoms with Crippen LogP contribution < -0.4 is 5.32 Å². The van der Waals surface area contributed by atoms with Gasteiger partial charge in [-0.3, -0.25) is 4.79 Å². The van der Waals surface area contributed by atoms with E-state index in [4.69, 9.17) is 11.6 Å². The highest BCUT2D eigenvalue weighted by Gasteiger charge is 2.31. The van der Waals surface area contributed by atoms with Crippen LogP contribution >= 0.6 is 11.6 Å². The van der Waals surface area contributed by atoms with Crippen molar-refractivity contribution in [2.45, 2.75) is 51.0 Å². The van der Waals surface area contributed by atoms with Crippen LogP contribution in [0.3, 0.4) is 0 Å². The molecule has 2 heterocycles. The van der Waals surface area contributed by atoms with E-state index in [-0.39, 0.29) is 5.78 Å². The van der Waals surface area contributed by atoms with Gasteiger partial charge in [-0.15, -0.1) is 0 Å². The molecule has 0 aliphatic heterocycles. The smallest absolute Gasteiger partial charge is 0.196 e. The van der Waals surface area contributed by atoms with Gasteiger partial charge in [-0.2, -0.15) is 0 Å². The molecular weight excluding hydrogens is 384 g/mol. The second-order valence-corrected chi connectivity index (χ2v) is 8.81. The number of anilines is 1. The molecule has 0 radical (unpaired) electrons. The lowest BCUT2D eigenvalue weighted by molar-refractivity contribution is 0.104. The van der Waals surface area contributed by atoms with Crippen LogP contribution in [0.5, 0.6) is 0 Å². The zero-order valence-electron chi connectivity index (χ0n) is 16.3. The van der Waals surface area contributed by atoms with Crippen LogP contribution in [0.25, 0.3) is 11.0 Å². The third-order valence-electron chi connectivity index (χ3n) is 6.76. The Bertz CT molecular complexity index is 1030. The third kappa shape index (κ3) is 3.52. The van der Waals surface area contributed by atoms with Gasteiger partial charge < -0.3 is 10.3 Å². The van der Waals surface area contributed by atoms with Crippen LogP contribution in [-0.2, 0) is 0 Å². The maximum Gasteiger partial charge on any atom is 0.196 e. The van der Waals surface area contributed by atoms with E-state index in [1.54, 1.807) is 24.7 Å². The molecule has 2 aliphatic rings. The molecule has 5 rings (SSSR count). The Kier molecular flexibility index (Phi) is 5.00. The van der Waals surface area contributed by atoms with Crippen molar-refractivity contribution in [2.75, 3.05) is 5.32 Å². The predicted octanol–water partition coefficient (Wildman–Crippen LogP) is 5.61. The molecule has 2 saturated carbocycles. The Hall–Kier alpha value is -2.40. The first-order chi connectivity index (χ1) is 14.2. The fourth-order valence-corrected chi connectivity index (χ4v) is 5.10. The van der Waals surface area contributed by atoms with Crippen LogP contribution in [0.2, 0.25) is 5.02 Å². The number of hydrogen-bond donors (Lipinski definition) is 2. The molecule has 1 aromatic carbocycles. The molecule has 0 atom stereocenters. The molecule has 2 fully saturated rings. The molecule has 0 saturated heterocycles. The molecule has 0 unspecified atom stereocenters. The first-order valence-electron chi connectivity index (χ1n) is 10.6. The molecule has 3 aromatic rings. The van der Waals surface area contributed by atoms with Crippen molar-refractivity contribution >= 4 is 34.2 Å². The minimum Gasteiger partial charge on any atom is -0.367 e. The standard InChI is InChI=1S/C23H25ClN4O/c24-19-7-2-1-6-17(19)21(29)18-12-25-22-20(18)23(27-13-26-22)28-16-10-8-15(9-11-16)14-4-3-5-14/h1-2,6-7,12-16H,3-5,8-11H2,(H2,25,26,27,28). The Balaban J connectivity index is 1.39. The number of H-pyrrole nitrogens is 1. The van der Waals surface area contributed by atoms with E-state index >= 15 is 0 Å². The lowest BCUT2D eigenvalue weighted by Gasteiger charge is -2.38. The molecule has 2 aromatic heterocycles. The highest BCUT2D eigenvalue weighted by molar-refractivity contribution is 6.35. The number of halogens is 1. The SMILES string of the molecule is O=C(c1ccccc1Cl)c1c[nH]c2ncnc(NC3CCC(C4CCC4)CC3)c12. The summed E-state index contributed by atoms with van der Waals surface area (Å²) in [5.41, 5.74) is 1.71. The van der Waals surface area contributed by atoms with E-state index in [0.717, 1.165) is 35.9 Å². The van der Waals surface area contributed by atoms with Crippen LogP contribution in [0.1, 0.15) is 60.9 Å². The first-order valence-corrected chi connectivity index (χ1v) is 11.0. The molecule has 0 bridgehead atoms. The number of rotatable bonds is 5. The van der Waals surface area contributed by atoms with Gasteiger partial charge >= 0.3 is 0 Å². The van der Waals surface area contributed by atoms with Gasteiger partial charge in [0, 0.05) is 17.8 Å². The summed E-state index contributed by atoms with van der Waals surface area (Å²) in [6.45, 7) is 0. The second-order valence-electron chi connectivity index (χ2n) is 8.40. The second kappa shape index (κ2) is 7.79. The molecule has 0 amide bonds. The topological polar surface area (TPSA) is 70.7 Å². The zero-order chi connectivity index (χ0) is 19.8. The number of nitrogens with zero attached hydrogens (tertiary/aromatic N) is 2. The molecule has 29 heavy (non-hydrogen) atoms. The van der Waals surface area contributed by atoms with Gasteiger partial charge in [-0.1, -0.05) is 43.0 Å². The first kappa shape index (κ1) is 18.6. The van der Waals surface area contributed by atoms with Crippen LogP contribution in [-0.4, -0.2) is 26.8 Å². The Labute approximate surface area is 175 Å². The highest BCUT2D eigenvalue weighted by atomic mass is 35.5. The summed E-state index contributed by atoms with van der Waals surface area (Å²) in [4.78, 5) is 25.1. The van der Waals surface area contributed by atoms with Crippen LogP contribution in [0.15, 0.2) is 36.8 Å². The third-order valence-corrected chi connectivity index (χ3v) is 7.09. The number of hydrogen-bond acceptors (Lipinski definition) is 4. The lowest BCUT2D eigenvalue weighted by Crippen LogP contribution is -2.31. The normalized spacial score (nSPS) is 22.4. The van der Waals surface area contributed by atoms with Crippen LogP contribution in [0, 0.1) is 11.8 Å². The largest absolute Gasteiger partial charge is 0.367 e. The van der Waals surface area contributed by atoms with Gasteiger partial charge in [0.1, 0.15) is 17.8 Å². The van der Waals surface area contributed by atoms with Gasteiger partial charge in [0.05, 0.1) is 16.0 Å². The Morgan fingerprint density at radius 2 is 1.76 bits per heavy atom. The molecule has 6 heteroatoms. The number of fused-ring (bicyclic) bond motifs is 1. The number of ketones is 1. The van der Waals surface area contributed by atoms with Crippen molar-refractivity contribution in [3.63, 3.8) is 0 Å². The van der Waals surface area contributed by atoms with Gasteiger partial charge in [0.2, 0.25) is 0 Å². The van der Waals surface area contributed by atoms with E-state index in [1.807, 2.05) is 12.1 Å². The van der Waals surface area contributed by atoms with E-state index < -0.39 is 0 Å².